The van der Waals surface area contributed by atoms with Crippen molar-refractivity contribution in [2.24, 2.45) is 11.7 Å². The molecule has 0 amide bonds. The molecule has 3 nitrogen and oxygen atoms in total. The van der Waals surface area contributed by atoms with Gasteiger partial charge < -0.3 is 11.1 Å². The summed E-state index contributed by atoms with van der Waals surface area (Å²) in [5.74, 6) is 0.771. The molecule has 2 atom stereocenters. The average molecular weight is 304 g/mol. The zero-order valence-electron chi connectivity index (χ0n) is 12.4. The average Bonchev–Trinajstić information content (AvgIpc) is 2.94. The van der Waals surface area contributed by atoms with Crippen molar-refractivity contribution < 1.29 is 0 Å². The number of hydrogen-bond acceptors (Lipinski definition) is 3. The quantitative estimate of drug-likeness (QED) is 0.889. The van der Waals surface area contributed by atoms with Crippen LogP contribution in [0.5, 0.6) is 0 Å². The van der Waals surface area contributed by atoms with Gasteiger partial charge in [-0.05, 0) is 49.4 Å². The molecule has 1 aliphatic rings. The van der Waals surface area contributed by atoms with Crippen LogP contribution in [0.25, 0.3) is 10.9 Å². The molecule has 1 aromatic carbocycles. The van der Waals surface area contributed by atoms with Gasteiger partial charge in [0.2, 0.25) is 0 Å². The molecule has 3 rings (SSSR count). The molecular formula is C17H22ClN3. The van der Waals surface area contributed by atoms with E-state index in [1.54, 1.807) is 0 Å². The van der Waals surface area contributed by atoms with Gasteiger partial charge in [-0.15, -0.1) is 0 Å². The van der Waals surface area contributed by atoms with Gasteiger partial charge in [0.15, 0.2) is 0 Å². The predicted octanol–water partition coefficient (Wildman–Crippen LogP) is 4.21. The number of halogens is 1. The zero-order valence-corrected chi connectivity index (χ0v) is 13.2. The third-order valence-corrected chi connectivity index (χ3v) is 5.12. The Morgan fingerprint density at radius 2 is 2.29 bits per heavy atom. The molecule has 0 saturated heterocycles. The summed E-state index contributed by atoms with van der Waals surface area (Å²) >= 11 is 6.27. The monoisotopic (exact) mass is 303 g/mol. The van der Waals surface area contributed by atoms with Gasteiger partial charge in [0.25, 0.3) is 0 Å². The second kappa shape index (κ2) is 5.82. The number of nitrogens with two attached hydrogens (primary N) is 1. The highest BCUT2D eigenvalue weighted by atomic mass is 35.5. The maximum atomic E-state index is 6.27. The third kappa shape index (κ3) is 2.72. The molecule has 0 radical (unpaired) electrons. The molecule has 1 aliphatic carbocycles. The minimum Gasteiger partial charge on any atom is -0.377 e. The Morgan fingerprint density at radius 3 is 3.00 bits per heavy atom. The highest BCUT2D eigenvalue weighted by molar-refractivity contribution is 6.35. The fourth-order valence-electron chi connectivity index (χ4n) is 3.46. The summed E-state index contributed by atoms with van der Waals surface area (Å²) in [5, 5.41) is 5.42. The largest absolute Gasteiger partial charge is 0.377 e. The number of hydrogen-bond donors (Lipinski definition) is 2. The van der Waals surface area contributed by atoms with E-state index in [-0.39, 0.29) is 5.54 Å². The Morgan fingerprint density at radius 1 is 1.43 bits per heavy atom. The summed E-state index contributed by atoms with van der Waals surface area (Å²) in [7, 11) is 0. The molecule has 21 heavy (non-hydrogen) atoms. The summed E-state index contributed by atoms with van der Waals surface area (Å²) in [6.45, 7) is 2.91. The van der Waals surface area contributed by atoms with Crippen molar-refractivity contribution in [3.8, 4) is 0 Å². The summed E-state index contributed by atoms with van der Waals surface area (Å²) in [5.41, 5.74) is 8.07. The van der Waals surface area contributed by atoms with E-state index >= 15 is 0 Å². The third-order valence-electron chi connectivity index (χ3n) is 4.79. The van der Waals surface area contributed by atoms with E-state index in [9.17, 15) is 0 Å². The van der Waals surface area contributed by atoms with Crippen molar-refractivity contribution >= 4 is 28.2 Å². The first-order chi connectivity index (χ1) is 10.2. The van der Waals surface area contributed by atoms with E-state index in [0.717, 1.165) is 40.4 Å². The molecule has 3 N–H and O–H groups in total. The van der Waals surface area contributed by atoms with Gasteiger partial charge >= 0.3 is 0 Å². The van der Waals surface area contributed by atoms with Crippen LogP contribution in [-0.4, -0.2) is 17.1 Å². The number of benzene rings is 1. The molecule has 112 valence electrons. The maximum absolute atomic E-state index is 6.27. The zero-order chi connectivity index (χ0) is 14.9. The number of pyridine rings is 1. The smallest absolute Gasteiger partial charge is 0.0948 e. The predicted molar refractivity (Wildman–Crippen MR) is 89.8 cm³/mol. The number of anilines is 1. The molecule has 1 aromatic heterocycles. The highest BCUT2D eigenvalue weighted by Crippen LogP contribution is 2.39. The number of fused-ring (bicyclic) bond motifs is 1. The van der Waals surface area contributed by atoms with Crippen LogP contribution < -0.4 is 11.1 Å². The van der Waals surface area contributed by atoms with Crippen molar-refractivity contribution in [2.75, 3.05) is 11.9 Å². The van der Waals surface area contributed by atoms with Gasteiger partial charge in [-0.2, -0.15) is 0 Å². The molecule has 2 aromatic rings. The number of nitrogens with one attached hydrogen (secondary N) is 1. The number of aromatic nitrogens is 1. The topological polar surface area (TPSA) is 50.9 Å². The minimum atomic E-state index is -0.00103. The van der Waals surface area contributed by atoms with Gasteiger partial charge in [-0.25, -0.2) is 0 Å². The molecular weight excluding hydrogens is 282 g/mol. The Hall–Kier alpha value is -1.32. The Labute approximate surface area is 130 Å². The van der Waals surface area contributed by atoms with E-state index < -0.39 is 0 Å². The lowest BCUT2D eigenvalue weighted by Gasteiger charge is -2.31. The SMILES string of the molecule is CCC1CCC(CN)(Nc2ccc(Cl)c3cccnc23)C1. The number of rotatable bonds is 4. The van der Waals surface area contributed by atoms with Crippen LogP contribution >= 0.6 is 11.6 Å². The fraction of sp³-hybridized carbons (Fsp3) is 0.471. The van der Waals surface area contributed by atoms with Gasteiger partial charge in [0.05, 0.1) is 16.2 Å². The van der Waals surface area contributed by atoms with Gasteiger partial charge in [0, 0.05) is 23.7 Å². The van der Waals surface area contributed by atoms with E-state index in [2.05, 4.69) is 17.2 Å². The summed E-state index contributed by atoms with van der Waals surface area (Å²) in [6, 6.07) is 7.88. The Balaban J connectivity index is 1.96. The molecule has 1 saturated carbocycles. The molecule has 2 unspecified atom stereocenters. The first kappa shape index (κ1) is 14.6. The summed E-state index contributed by atoms with van der Waals surface area (Å²) in [6.07, 6.45) is 6.54. The van der Waals surface area contributed by atoms with Crippen LogP contribution in [0.4, 0.5) is 5.69 Å². The number of nitrogens with zero attached hydrogens (tertiary/aromatic N) is 1. The molecule has 0 bridgehead atoms. The van der Waals surface area contributed by atoms with E-state index in [4.69, 9.17) is 17.3 Å². The normalized spacial score (nSPS) is 25.4. The van der Waals surface area contributed by atoms with Crippen LogP contribution in [0.1, 0.15) is 32.6 Å². The maximum Gasteiger partial charge on any atom is 0.0948 e. The standard InChI is InChI=1S/C17H22ClN3/c1-2-12-7-8-17(10-12,11-19)21-15-6-5-14(18)13-4-3-9-20-16(13)15/h3-6,9,12,21H,2,7-8,10-11,19H2,1H3. The van der Waals surface area contributed by atoms with E-state index in [1.165, 1.54) is 12.8 Å². The first-order valence-electron chi connectivity index (χ1n) is 7.69. The van der Waals surface area contributed by atoms with Gasteiger partial charge in [-0.1, -0.05) is 24.9 Å². The molecule has 4 heteroatoms. The van der Waals surface area contributed by atoms with Crippen molar-refractivity contribution in [3.05, 3.63) is 35.5 Å². The van der Waals surface area contributed by atoms with Crippen LogP contribution in [0.3, 0.4) is 0 Å². The van der Waals surface area contributed by atoms with Gasteiger partial charge in [-0.3, -0.25) is 4.98 Å². The fourth-order valence-corrected chi connectivity index (χ4v) is 3.68. The van der Waals surface area contributed by atoms with Crippen molar-refractivity contribution in [2.45, 2.75) is 38.1 Å². The highest BCUT2D eigenvalue weighted by Gasteiger charge is 2.37. The first-order valence-corrected chi connectivity index (χ1v) is 8.07. The van der Waals surface area contributed by atoms with Crippen LogP contribution in [0.2, 0.25) is 5.02 Å². The molecule has 0 aliphatic heterocycles. The summed E-state index contributed by atoms with van der Waals surface area (Å²) in [4.78, 5) is 4.50. The minimum absolute atomic E-state index is 0.00103. The molecule has 1 fully saturated rings. The lowest BCUT2D eigenvalue weighted by molar-refractivity contribution is 0.450. The molecule has 1 heterocycles. The van der Waals surface area contributed by atoms with Gasteiger partial charge in [0.1, 0.15) is 0 Å². The molecule has 0 spiro atoms. The van der Waals surface area contributed by atoms with Crippen LogP contribution in [-0.2, 0) is 0 Å². The second-order valence-corrected chi connectivity index (χ2v) is 6.53. The van der Waals surface area contributed by atoms with Crippen LogP contribution in [0.15, 0.2) is 30.5 Å². The summed E-state index contributed by atoms with van der Waals surface area (Å²) < 4.78 is 0. The van der Waals surface area contributed by atoms with E-state index in [1.807, 2.05) is 30.5 Å². The van der Waals surface area contributed by atoms with Crippen LogP contribution in [0, 0.1) is 5.92 Å². The Bertz CT molecular complexity index is 643. The Kier molecular flexibility index (Phi) is 4.05. The second-order valence-electron chi connectivity index (χ2n) is 6.12. The van der Waals surface area contributed by atoms with Crippen molar-refractivity contribution in [1.82, 2.24) is 4.98 Å². The lowest BCUT2D eigenvalue weighted by atomic mass is 9.94. The van der Waals surface area contributed by atoms with E-state index in [0.29, 0.717) is 6.54 Å². The van der Waals surface area contributed by atoms with Crippen molar-refractivity contribution in [3.63, 3.8) is 0 Å². The lowest BCUT2D eigenvalue weighted by Crippen LogP contribution is -2.43. The van der Waals surface area contributed by atoms with Crippen molar-refractivity contribution in [1.29, 1.82) is 0 Å².